The van der Waals surface area contributed by atoms with Crippen molar-refractivity contribution in [2.75, 3.05) is 7.11 Å². The highest BCUT2D eigenvalue weighted by Gasteiger charge is 2.23. The maximum atomic E-state index is 13.1. The van der Waals surface area contributed by atoms with Gasteiger partial charge in [-0.25, -0.2) is 9.78 Å². The molecule has 2 aromatic carbocycles. The Morgan fingerprint density at radius 1 is 1.10 bits per heavy atom. The summed E-state index contributed by atoms with van der Waals surface area (Å²) < 4.78 is 6.47. The van der Waals surface area contributed by atoms with Gasteiger partial charge in [0.1, 0.15) is 11.5 Å². The van der Waals surface area contributed by atoms with Gasteiger partial charge in [0.2, 0.25) is 0 Å². The molecule has 0 aliphatic heterocycles. The van der Waals surface area contributed by atoms with Crippen LogP contribution in [0.15, 0.2) is 48.5 Å². The summed E-state index contributed by atoms with van der Waals surface area (Å²) in [5.74, 6) is 0.0198. The molecule has 0 saturated heterocycles. The number of para-hydroxylation sites is 1. The van der Waals surface area contributed by atoms with Gasteiger partial charge in [0.25, 0.3) is 5.91 Å². The number of carbonyl (C=O) groups is 2. The summed E-state index contributed by atoms with van der Waals surface area (Å²) in [4.78, 5) is 29.1. The fourth-order valence-corrected chi connectivity index (χ4v) is 3.46. The van der Waals surface area contributed by atoms with E-state index in [0.717, 1.165) is 5.56 Å². The van der Waals surface area contributed by atoms with E-state index in [0.29, 0.717) is 33.5 Å². The number of hydrogen-bond acceptors (Lipinski definition) is 4. The minimum Gasteiger partial charge on any atom is -0.465 e. The minimum atomic E-state index is -0.400. The zero-order valence-corrected chi connectivity index (χ0v) is 17.4. The number of carbonyl (C=O) groups excluding carboxylic acids is 2. The van der Waals surface area contributed by atoms with Crippen molar-refractivity contribution in [3.8, 4) is 5.69 Å². The number of nitrogens with one attached hydrogen (secondary N) is 1. The van der Waals surface area contributed by atoms with Crippen molar-refractivity contribution in [1.82, 2.24) is 14.9 Å². The van der Waals surface area contributed by atoms with E-state index in [1.807, 2.05) is 32.0 Å². The van der Waals surface area contributed by atoms with E-state index in [9.17, 15) is 9.59 Å². The molecule has 1 heterocycles. The average molecular weight is 412 g/mol. The van der Waals surface area contributed by atoms with E-state index in [1.54, 1.807) is 41.8 Å². The number of esters is 1. The quantitative estimate of drug-likeness (QED) is 0.631. The van der Waals surface area contributed by atoms with Gasteiger partial charge < -0.3 is 10.1 Å². The second-order valence-corrected chi connectivity index (χ2v) is 7.10. The van der Waals surface area contributed by atoms with E-state index < -0.39 is 5.97 Å². The first kappa shape index (κ1) is 20.6. The number of aryl methyl sites for hydroxylation is 2. The number of imidazole rings is 1. The van der Waals surface area contributed by atoms with Crippen LogP contribution in [0.3, 0.4) is 0 Å². The standard InChI is InChI=1S/C22H22ClN3O3/c1-13(16-9-11-17(12-10-16)22(28)29-4)25-21(27)20-14(2)24-15(3)26(20)19-8-6-5-7-18(19)23/h5-13H,1-4H3,(H,25,27). The average Bonchev–Trinajstić information content (AvgIpc) is 3.01. The number of ether oxygens (including phenoxy) is 1. The first-order valence-electron chi connectivity index (χ1n) is 9.13. The van der Waals surface area contributed by atoms with Crippen LogP contribution in [-0.2, 0) is 4.74 Å². The summed E-state index contributed by atoms with van der Waals surface area (Å²) in [7, 11) is 1.34. The van der Waals surface area contributed by atoms with Crippen molar-refractivity contribution >= 4 is 23.5 Å². The second kappa shape index (κ2) is 8.49. The molecule has 0 bridgehead atoms. The molecule has 0 spiro atoms. The predicted molar refractivity (Wildman–Crippen MR) is 112 cm³/mol. The summed E-state index contributed by atoms with van der Waals surface area (Å²) >= 11 is 6.35. The van der Waals surface area contributed by atoms with Gasteiger partial charge in [-0.3, -0.25) is 9.36 Å². The maximum Gasteiger partial charge on any atom is 0.337 e. The highest BCUT2D eigenvalue weighted by Crippen LogP contribution is 2.25. The van der Waals surface area contributed by atoms with Crippen molar-refractivity contribution in [2.45, 2.75) is 26.8 Å². The first-order chi connectivity index (χ1) is 13.8. The summed E-state index contributed by atoms with van der Waals surface area (Å²) in [6.07, 6.45) is 0. The van der Waals surface area contributed by atoms with Crippen LogP contribution < -0.4 is 5.32 Å². The number of aromatic nitrogens is 2. The molecule has 7 heteroatoms. The van der Waals surface area contributed by atoms with Crippen molar-refractivity contribution in [2.24, 2.45) is 0 Å². The van der Waals surface area contributed by atoms with E-state index in [1.165, 1.54) is 7.11 Å². The van der Waals surface area contributed by atoms with Crippen LogP contribution in [-0.4, -0.2) is 28.5 Å². The van der Waals surface area contributed by atoms with E-state index in [2.05, 4.69) is 10.3 Å². The Bertz CT molecular complexity index is 1060. The van der Waals surface area contributed by atoms with Crippen LogP contribution in [0.5, 0.6) is 0 Å². The number of benzene rings is 2. The SMILES string of the molecule is COC(=O)c1ccc(C(C)NC(=O)c2c(C)nc(C)n2-c2ccccc2Cl)cc1. The molecule has 0 fully saturated rings. The van der Waals surface area contributed by atoms with E-state index in [4.69, 9.17) is 16.3 Å². The van der Waals surface area contributed by atoms with Crippen LogP contribution in [0, 0.1) is 13.8 Å². The third kappa shape index (κ3) is 4.17. The lowest BCUT2D eigenvalue weighted by molar-refractivity contribution is 0.0600. The molecule has 0 aliphatic rings. The number of rotatable bonds is 5. The topological polar surface area (TPSA) is 73.2 Å². The molecule has 1 aromatic heterocycles. The number of amides is 1. The third-order valence-electron chi connectivity index (χ3n) is 4.71. The van der Waals surface area contributed by atoms with Gasteiger partial charge in [0.15, 0.2) is 0 Å². The summed E-state index contributed by atoms with van der Waals surface area (Å²) in [6, 6.07) is 14.0. The Kier molecular flexibility index (Phi) is 6.03. The lowest BCUT2D eigenvalue weighted by Crippen LogP contribution is -2.29. The smallest absolute Gasteiger partial charge is 0.337 e. The normalized spacial score (nSPS) is 11.8. The molecular formula is C22H22ClN3O3. The Hall–Kier alpha value is -3.12. The van der Waals surface area contributed by atoms with Gasteiger partial charge in [-0.05, 0) is 50.6 Å². The Morgan fingerprint density at radius 2 is 1.76 bits per heavy atom. The summed E-state index contributed by atoms with van der Waals surface area (Å²) in [5, 5.41) is 3.54. The van der Waals surface area contributed by atoms with Gasteiger partial charge in [0.05, 0.1) is 35.1 Å². The number of hydrogen-bond donors (Lipinski definition) is 1. The molecule has 0 radical (unpaired) electrons. The van der Waals surface area contributed by atoms with Gasteiger partial charge in [-0.15, -0.1) is 0 Å². The summed E-state index contributed by atoms with van der Waals surface area (Å²) in [6.45, 7) is 5.51. The monoisotopic (exact) mass is 411 g/mol. The van der Waals surface area contributed by atoms with Crippen LogP contribution in [0.2, 0.25) is 5.02 Å². The molecule has 150 valence electrons. The lowest BCUT2D eigenvalue weighted by Gasteiger charge is -2.17. The molecule has 1 N–H and O–H groups in total. The molecule has 0 saturated carbocycles. The predicted octanol–water partition coefficient (Wildman–Crippen LogP) is 4.42. The third-order valence-corrected chi connectivity index (χ3v) is 5.03. The van der Waals surface area contributed by atoms with Crippen LogP contribution >= 0.6 is 11.6 Å². The van der Waals surface area contributed by atoms with E-state index >= 15 is 0 Å². The highest BCUT2D eigenvalue weighted by atomic mass is 35.5. The lowest BCUT2D eigenvalue weighted by atomic mass is 10.1. The maximum absolute atomic E-state index is 13.1. The largest absolute Gasteiger partial charge is 0.465 e. The molecule has 1 unspecified atom stereocenters. The fourth-order valence-electron chi connectivity index (χ4n) is 3.24. The van der Waals surface area contributed by atoms with Gasteiger partial charge in [0, 0.05) is 0 Å². The van der Waals surface area contributed by atoms with Crippen LogP contribution in [0.25, 0.3) is 5.69 Å². The highest BCUT2D eigenvalue weighted by molar-refractivity contribution is 6.32. The summed E-state index contributed by atoms with van der Waals surface area (Å²) in [5.41, 5.74) is 3.08. The first-order valence-corrected chi connectivity index (χ1v) is 9.51. The number of nitrogens with zero attached hydrogens (tertiary/aromatic N) is 2. The Morgan fingerprint density at radius 3 is 2.38 bits per heavy atom. The molecule has 29 heavy (non-hydrogen) atoms. The van der Waals surface area contributed by atoms with Gasteiger partial charge in [-0.2, -0.15) is 0 Å². The molecule has 1 amide bonds. The Labute approximate surface area is 174 Å². The van der Waals surface area contributed by atoms with Gasteiger partial charge in [-0.1, -0.05) is 35.9 Å². The minimum absolute atomic E-state index is 0.257. The van der Waals surface area contributed by atoms with Crippen LogP contribution in [0.1, 0.15) is 50.9 Å². The zero-order chi connectivity index (χ0) is 21.1. The molecule has 3 rings (SSSR count). The zero-order valence-electron chi connectivity index (χ0n) is 16.7. The molecule has 3 aromatic rings. The fraction of sp³-hybridized carbons (Fsp3) is 0.227. The molecule has 1 atom stereocenters. The van der Waals surface area contributed by atoms with Crippen molar-refractivity contribution in [3.63, 3.8) is 0 Å². The van der Waals surface area contributed by atoms with Crippen molar-refractivity contribution < 1.29 is 14.3 Å². The molecular weight excluding hydrogens is 390 g/mol. The van der Waals surface area contributed by atoms with E-state index in [-0.39, 0.29) is 11.9 Å². The number of halogens is 1. The van der Waals surface area contributed by atoms with Crippen LogP contribution in [0.4, 0.5) is 0 Å². The van der Waals surface area contributed by atoms with Crippen molar-refractivity contribution in [3.05, 3.63) is 81.9 Å². The van der Waals surface area contributed by atoms with Gasteiger partial charge >= 0.3 is 5.97 Å². The van der Waals surface area contributed by atoms with Crippen molar-refractivity contribution in [1.29, 1.82) is 0 Å². The number of methoxy groups -OCH3 is 1. The second-order valence-electron chi connectivity index (χ2n) is 6.69. The molecule has 6 nitrogen and oxygen atoms in total. The Balaban J connectivity index is 1.88. The molecule has 0 aliphatic carbocycles.